The summed E-state index contributed by atoms with van der Waals surface area (Å²) in [5, 5.41) is 5.23. The Morgan fingerprint density at radius 2 is 2.24 bits per heavy atom. The van der Waals surface area contributed by atoms with Gasteiger partial charge >= 0.3 is 0 Å². The number of rotatable bonds is 5. The van der Waals surface area contributed by atoms with E-state index in [1.54, 1.807) is 24.0 Å². The quantitative estimate of drug-likeness (QED) is 0.868. The minimum absolute atomic E-state index is 0.0522. The van der Waals surface area contributed by atoms with Crippen molar-refractivity contribution < 1.29 is 13.9 Å². The van der Waals surface area contributed by atoms with Gasteiger partial charge in [0.25, 0.3) is 5.56 Å². The molecular weight excluding hydrogens is 325 g/mol. The number of aromatic nitrogens is 2. The third-order valence-electron chi connectivity index (χ3n) is 4.57. The molecule has 0 radical (unpaired) electrons. The highest BCUT2D eigenvalue weighted by Gasteiger charge is 2.25. The van der Waals surface area contributed by atoms with E-state index < -0.39 is 0 Å². The van der Waals surface area contributed by atoms with Gasteiger partial charge in [0.1, 0.15) is 11.6 Å². The van der Waals surface area contributed by atoms with Crippen LogP contribution in [0.1, 0.15) is 24.1 Å². The Kier molecular flexibility index (Phi) is 5.21. The molecule has 25 heavy (non-hydrogen) atoms. The first-order valence-electron chi connectivity index (χ1n) is 8.45. The van der Waals surface area contributed by atoms with Crippen molar-refractivity contribution in [1.82, 2.24) is 15.1 Å². The van der Waals surface area contributed by atoms with E-state index in [1.807, 2.05) is 0 Å². The molecule has 134 valence electrons. The van der Waals surface area contributed by atoms with Crippen molar-refractivity contribution in [3.63, 3.8) is 0 Å². The number of H-pyrrole nitrogens is 2. The third-order valence-corrected chi connectivity index (χ3v) is 4.57. The molecule has 1 saturated heterocycles. The Bertz CT molecular complexity index is 799. The number of piperidine rings is 1. The van der Waals surface area contributed by atoms with Crippen LogP contribution in [0.15, 0.2) is 29.1 Å². The number of aromatic amines is 2. The molecule has 2 N–H and O–H groups in total. The second-order valence-corrected chi connectivity index (χ2v) is 6.48. The zero-order chi connectivity index (χ0) is 17.8. The highest BCUT2D eigenvalue weighted by atomic mass is 19.1. The number of nitrogens with zero attached hydrogens (tertiary/aromatic N) is 1. The number of carbonyl (C=O) groups is 1. The van der Waals surface area contributed by atoms with Crippen LogP contribution in [-0.4, -0.2) is 40.7 Å². The molecule has 1 fully saturated rings. The van der Waals surface area contributed by atoms with Gasteiger partial charge in [-0.2, -0.15) is 0 Å². The van der Waals surface area contributed by atoms with Gasteiger partial charge < -0.3 is 14.7 Å². The van der Waals surface area contributed by atoms with Crippen molar-refractivity contribution in [3.8, 4) is 5.75 Å². The maximum absolute atomic E-state index is 13.2. The van der Waals surface area contributed by atoms with E-state index >= 15 is 0 Å². The molecule has 1 aliphatic rings. The molecule has 1 amide bonds. The lowest BCUT2D eigenvalue weighted by molar-refractivity contribution is -0.132. The van der Waals surface area contributed by atoms with Crippen molar-refractivity contribution in [2.45, 2.75) is 26.2 Å². The average molecular weight is 347 g/mol. The molecule has 2 aromatic rings. The number of hydrogen-bond donors (Lipinski definition) is 2. The van der Waals surface area contributed by atoms with Crippen molar-refractivity contribution >= 4 is 5.91 Å². The SMILES string of the molecule is Cc1[nH][nH]c(=O)c1CC(=O)N1CCC[C@@H](COc2cccc(F)c2)C1. The normalized spacial score (nSPS) is 17.5. The van der Waals surface area contributed by atoms with Gasteiger partial charge in [-0.15, -0.1) is 0 Å². The van der Waals surface area contributed by atoms with Crippen LogP contribution in [0, 0.1) is 18.7 Å². The summed E-state index contributed by atoms with van der Waals surface area (Å²) in [7, 11) is 0. The molecule has 0 spiro atoms. The summed E-state index contributed by atoms with van der Waals surface area (Å²) in [6.07, 6.45) is 1.95. The van der Waals surface area contributed by atoms with Gasteiger partial charge in [-0.05, 0) is 31.9 Å². The number of amides is 1. The van der Waals surface area contributed by atoms with E-state index in [0.717, 1.165) is 12.8 Å². The molecule has 0 aliphatic carbocycles. The van der Waals surface area contributed by atoms with Crippen LogP contribution in [0.25, 0.3) is 0 Å². The molecule has 0 unspecified atom stereocenters. The predicted octanol–water partition coefficient (Wildman–Crippen LogP) is 2.01. The average Bonchev–Trinajstić information content (AvgIpc) is 2.92. The van der Waals surface area contributed by atoms with E-state index in [4.69, 9.17) is 4.74 Å². The molecule has 0 bridgehead atoms. The number of carbonyl (C=O) groups excluding carboxylic acids is 1. The zero-order valence-corrected chi connectivity index (χ0v) is 14.2. The van der Waals surface area contributed by atoms with Gasteiger partial charge in [-0.1, -0.05) is 6.07 Å². The third kappa shape index (κ3) is 4.29. The van der Waals surface area contributed by atoms with Crippen LogP contribution >= 0.6 is 0 Å². The molecule has 1 aromatic carbocycles. The summed E-state index contributed by atoms with van der Waals surface area (Å²) < 4.78 is 18.8. The van der Waals surface area contributed by atoms with Gasteiger partial charge in [0.15, 0.2) is 0 Å². The van der Waals surface area contributed by atoms with Crippen LogP contribution in [0.4, 0.5) is 4.39 Å². The number of hydrogen-bond acceptors (Lipinski definition) is 3. The maximum atomic E-state index is 13.2. The van der Waals surface area contributed by atoms with Gasteiger partial charge in [0.05, 0.1) is 13.0 Å². The number of aryl methyl sites for hydroxylation is 1. The smallest absolute Gasteiger partial charge is 0.267 e. The van der Waals surface area contributed by atoms with Crippen LogP contribution < -0.4 is 10.3 Å². The molecular formula is C18H22FN3O3. The van der Waals surface area contributed by atoms with E-state index in [1.165, 1.54) is 12.1 Å². The van der Waals surface area contributed by atoms with Crippen molar-refractivity contribution in [3.05, 3.63) is 51.7 Å². The Labute approximate surface area is 145 Å². The van der Waals surface area contributed by atoms with Gasteiger partial charge in [-0.25, -0.2) is 4.39 Å². The van der Waals surface area contributed by atoms with Crippen LogP contribution in [-0.2, 0) is 11.2 Å². The van der Waals surface area contributed by atoms with E-state index in [0.29, 0.717) is 36.7 Å². The molecule has 1 atom stereocenters. The summed E-state index contributed by atoms with van der Waals surface area (Å²) in [5.41, 5.74) is 0.943. The Morgan fingerprint density at radius 1 is 1.40 bits per heavy atom. The number of ether oxygens (including phenoxy) is 1. The Balaban J connectivity index is 1.55. The van der Waals surface area contributed by atoms with E-state index in [2.05, 4.69) is 10.2 Å². The van der Waals surface area contributed by atoms with E-state index in [-0.39, 0.29) is 29.6 Å². The summed E-state index contributed by atoms with van der Waals surface area (Å²) in [4.78, 5) is 26.0. The number of benzene rings is 1. The standard InChI is InChI=1S/C18H22FN3O3/c1-12-16(18(24)21-20-12)9-17(23)22-7-3-4-13(10-22)11-25-15-6-2-5-14(19)8-15/h2,5-6,8,13H,3-4,7,9-11H2,1H3,(H2,20,21,24)/t13-/m1/s1. The molecule has 0 saturated carbocycles. The minimum atomic E-state index is -0.329. The summed E-state index contributed by atoms with van der Waals surface area (Å²) in [5.74, 6) is 0.318. The lowest BCUT2D eigenvalue weighted by atomic mass is 9.98. The van der Waals surface area contributed by atoms with Crippen LogP contribution in [0.5, 0.6) is 5.75 Å². The monoisotopic (exact) mass is 347 g/mol. The lowest BCUT2D eigenvalue weighted by Crippen LogP contribution is -2.42. The topological polar surface area (TPSA) is 78.2 Å². The summed E-state index contributed by atoms with van der Waals surface area (Å²) in [6.45, 7) is 3.50. The second-order valence-electron chi connectivity index (χ2n) is 6.48. The number of likely N-dealkylation sites (tertiary alicyclic amines) is 1. The number of nitrogens with one attached hydrogen (secondary N) is 2. The molecule has 1 aliphatic heterocycles. The maximum Gasteiger partial charge on any atom is 0.267 e. The van der Waals surface area contributed by atoms with Crippen molar-refractivity contribution in [1.29, 1.82) is 0 Å². The molecule has 2 heterocycles. The highest BCUT2D eigenvalue weighted by molar-refractivity contribution is 5.79. The Hall–Kier alpha value is -2.57. The fraction of sp³-hybridized carbons (Fsp3) is 0.444. The molecule has 7 heteroatoms. The van der Waals surface area contributed by atoms with E-state index in [9.17, 15) is 14.0 Å². The first-order valence-corrected chi connectivity index (χ1v) is 8.45. The summed E-state index contributed by atoms with van der Waals surface area (Å²) in [6, 6.07) is 6.05. The molecule has 6 nitrogen and oxygen atoms in total. The van der Waals surface area contributed by atoms with Gasteiger partial charge in [0.2, 0.25) is 5.91 Å². The fourth-order valence-corrected chi connectivity index (χ4v) is 3.15. The van der Waals surface area contributed by atoms with Crippen molar-refractivity contribution in [2.75, 3.05) is 19.7 Å². The Morgan fingerprint density at radius 3 is 2.96 bits per heavy atom. The lowest BCUT2D eigenvalue weighted by Gasteiger charge is -2.32. The van der Waals surface area contributed by atoms with Gasteiger partial charge in [0, 0.05) is 36.3 Å². The number of halogens is 1. The highest BCUT2D eigenvalue weighted by Crippen LogP contribution is 2.20. The second kappa shape index (κ2) is 7.55. The van der Waals surface area contributed by atoms with Crippen molar-refractivity contribution in [2.24, 2.45) is 5.92 Å². The fourth-order valence-electron chi connectivity index (χ4n) is 3.15. The molecule has 1 aromatic heterocycles. The largest absolute Gasteiger partial charge is 0.493 e. The zero-order valence-electron chi connectivity index (χ0n) is 14.2. The molecule has 3 rings (SSSR count). The predicted molar refractivity (Wildman–Crippen MR) is 91.1 cm³/mol. The summed E-state index contributed by atoms with van der Waals surface area (Å²) >= 11 is 0. The van der Waals surface area contributed by atoms with Gasteiger partial charge in [-0.3, -0.25) is 14.7 Å². The van der Waals surface area contributed by atoms with Crippen LogP contribution in [0.2, 0.25) is 0 Å². The first-order chi connectivity index (χ1) is 12.0. The first kappa shape index (κ1) is 17.3. The minimum Gasteiger partial charge on any atom is -0.493 e. The van der Waals surface area contributed by atoms with Crippen LogP contribution in [0.3, 0.4) is 0 Å².